The van der Waals surface area contributed by atoms with Gasteiger partial charge in [0.05, 0.1) is 22.1 Å². The minimum Gasteiger partial charge on any atom is -0.372 e. The van der Waals surface area contributed by atoms with E-state index in [0.29, 0.717) is 34.2 Å². The van der Waals surface area contributed by atoms with Gasteiger partial charge in [0.15, 0.2) is 0 Å². The van der Waals surface area contributed by atoms with Gasteiger partial charge in [0, 0.05) is 20.1 Å². The van der Waals surface area contributed by atoms with Crippen molar-refractivity contribution < 1.29 is 8.78 Å². The molecule has 0 bridgehead atoms. The maximum absolute atomic E-state index is 13.8. The van der Waals surface area contributed by atoms with Gasteiger partial charge in [0.1, 0.15) is 11.6 Å². The third-order valence-electron chi connectivity index (χ3n) is 3.59. The topological polar surface area (TPSA) is 27.3 Å². The highest BCUT2D eigenvalue weighted by atomic mass is 35.5. The minimum atomic E-state index is -0.343. The molecular formula is C17H20ClF2N3. The molecule has 0 saturated heterocycles. The van der Waals surface area contributed by atoms with E-state index >= 15 is 0 Å². The van der Waals surface area contributed by atoms with Crippen molar-refractivity contribution in [3.05, 3.63) is 52.6 Å². The third-order valence-corrected chi connectivity index (χ3v) is 3.90. The number of hydrogen-bond donors (Lipinski definition) is 2. The molecule has 6 heteroatoms. The smallest absolute Gasteiger partial charge is 0.128 e. The van der Waals surface area contributed by atoms with Crippen LogP contribution in [0.15, 0.2) is 30.3 Å². The number of nitrogens with one attached hydrogen (secondary N) is 2. The summed E-state index contributed by atoms with van der Waals surface area (Å²) in [6.45, 7) is 3.11. The van der Waals surface area contributed by atoms with Crippen LogP contribution in [0.3, 0.4) is 0 Å². The number of nitrogens with zero attached hydrogens (tertiary/aromatic N) is 1. The molecule has 124 valence electrons. The molecule has 2 N–H and O–H groups in total. The number of hydrogen-bond acceptors (Lipinski definition) is 3. The number of likely N-dealkylation sites (N-methyl/N-ethyl adjacent to an activating group) is 2. The van der Waals surface area contributed by atoms with Gasteiger partial charge >= 0.3 is 0 Å². The first-order chi connectivity index (χ1) is 10.9. The second-order valence-electron chi connectivity index (χ2n) is 5.39. The van der Waals surface area contributed by atoms with Crippen LogP contribution in [-0.4, -0.2) is 27.2 Å². The monoisotopic (exact) mass is 339 g/mol. The predicted molar refractivity (Wildman–Crippen MR) is 93.0 cm³/mol. The second kappa shape index (κ2) is 7.62. The van der Waals surface area contributed by atoms with E-state index in [1.165, 1.54) is 18.2 Å². The van der Waals surface area contributed by atoms with Gasteiger partial charge in [-0.15, -0.1) is 0 Å². The number of rotatable bonds is 6. The lowest BCUT2D eigenvalue weighted by atomic mass is 10.2. The van der Waals surface area contributed by atoms with E-state index in [2.05, 4.69) is 10.6 Å². The lowest BCUT2D eigenvalue weighted by Crippen LogP contribution is -2.27. The van der Waals surface area contributed by atoms with Crippen LogP contribution >= 0.6 is 11.6 Å². The van der Waals surface area contributed by atoms with E-state index in [0.717, 1.165) is 6.54 Å². The number of aryl methyl sites for hydroxylation is 1. The highest BCUT2D eigenvalue weighted by Gasteiger charge is 2.12. The normalized spacial score (nSPS) is 10.7. The summed E-state index contributed by atoms with van der Waals surface area (Å²) >= 11 is 6.17. The van der Waals surface area contributed by atoms with Crippen LogP contribution in [0.4, 0.5) is 25.8 Å². The average Bonchev–Trinajstić information content (AvgIpc) is 2.51. The predicted octanol–water partition coefficient (Wildman–Crippen LogP) is 4.33. The second-order valence-corrected chi connectivity index (χ2v) is 5.80. The first-order valence-corrected chi connectivity index (χ1v) is 7.68. The Morgan fingerprint density at radius 1 is 1.13 bits per heavy atom. The molecule has 0 aliphatic heterocycles. The molecule has 0 fully saturated rings. The molecule has 2 aromatic carbocycles. The molecule has 0 atom stereocenters. The standard InChI is InChI=1S/C17H20ClF2N3/c1-11-8-13(18)16(10-14(11)20)22-15-5-4-12(19)9-17(15)23(3)7-6-21-2/h4-5,8-10,21-22H,6-7H2,1-3H3. The van der Waals surface area contributed by atoms with Crippen molar-refractivity contribution in [2.45, 2.75) is 6.92 Å². The van der Waals surface area contributed by atoms with Crippen molar-refractivity contribution in [1.29, 1.82) is 0 Å². The van der Waals surface area contributed by atoms with Gasteiger partial charge in [-0.3, -0.25) is 0 Å². The average molecular weight is 340 g/mol. The Balaban J connectivity index is 2.34. The SMILES string of the molecule is CNCCN(C)c1cc(F)ccc1Nc1cc(F)c(C)cc1Cl. The molecule has 0 radical (unpaired) electrons. The molecule has 0 aromatic heterocycles. The van der Waals surface area contributed by atoms with Gasteiger partial charge in [-0.25, -0.2) is 8.78 Å². The van der Waals surface area contributed by atoms with Gasteiger partial charge in [-0.05, 0) is 49.9 Å². The molecule has 0 unspecified atom stereocenters. The van der Waals surface area contributed by atoms with Gasteiger partial charge in [0.25, 0.3) is 0 Å². The van der Waals surface area contributed by atoms with Gasteiger partial charge in [-0.2, -0.15) is 0 Å². The number of halogens is 3. The Morgan fingerprint density at radius 3 is 2.57 bits per heavy atom. The Bertz CT molecular complexity index is 692. The Morgan fingerprint density at radius 2 is 1.87 bits per heavy atom. The quantitative estimate of drug-likeness (QED) is 0.820. The van der Waals surface area contributed by atoms with Gasteiger partial charge < -0.3 is 15.5 Å². The van der Waals surface area contributed by atoms with Crippen LogP contribution < -0.4 is 15.5 Å². The zero-order valence-electron chi connectivity index (χ0n) is 13.4. The maximum atomic E-state index is 13.8. The summed E-state index contributed by atoms with van der Waals surface area (Å²) in [7, 11) is 3.72. The zero-order valence-corrected chi connectivity index (χ0v) is 14.1. The first kappa shape index (κ1) is 17.5. The summed E-state index contributed by atoms with van der Waals surface area (Å²) in [4.78, 5) is 1.92. The molecule has 23 heavy (non-hydrogen) atoms. The van der Waals surface area contributed by atoms with Crippen molar-refractivity contribution in [3.8, 4) is 0 Å². The zero-order chi connectivity index (χ0) is 17.0. The van der Waals surface area contributed by atoms with Crippen molar-refractivity contribution in [1.82, 2.24) is 5.32 Å². The van der Waals surface area contributed by atoms with Crippen LogP contribution in [0, 0.1) is 18.6 Å². The van der Waals surface area contributed by atoms with Gasteiger partial charge in [-0.1, -0.05) is 11.6 Å². The fourth-order valence-corrected chi connectivity index (χ4v) is 2.48. The maximum Gasteiger partial charge on any atom is 0.128 e. The number of benzene rings is 2. The van der Waals surface area contributed by atoms with Crippen LogP contribution in [-0.2, 0) is 0 Å². The van der Waals surface area contributed by atoms with Crippen LogP contribution in [0.2, 0.25) is 5.02 Å². The Kier molecular flexibility index (Phi) is 5.80. The molecular weight excluding hydrogens is 320 g/mol. The van der Waals surface area contributed by atoms with E-state index < -0.39 is 0 Å². The summed E-state index contributed by atoms with van der Waals surface area (Å²) in [5.74, 6) is -0.674. The fraction of sp³-hybridized carbons (Fsp3) is 0.294. The summed E-state index contributed by atoms with van der Waals surface area (Å²) in [5.41, 5.74) is 2.27. The van der Waals surface area contributed by atoms with Crippen molar-refractivity contribution >= 4 is 28.7 Å². The lowest BCUT2D eigenvalue weighted by molar-refractivity contribution is 0.619. The van der Waals surface area contributed by atoms with E-state index in [-0.39, 0.29) is 11.6 Å². The molecule has 0 spiro atoms. The Labute approximate surface area is 140 Å². The van der Waals surface area contributed by atoms with Gasteiger partial charge in [0.2, 0.25) is 0 Å². The molecule has 0 saturated carbocycles. The van der Waals surface area contributed by atoms with Crippen LogP contribution in [0.1, 0.15) is 5.56 Å². The fourth-order valence-electron chi connectivity index (χ4n) is 2.21. The largest absolute Gasteiger partial charge is 0.372 e. The molecule has 2 aromatic rings. The van der Waals surface area contributed by atoms with E-state index in [1.54, 1.807) is 19.1 Å². The van der Waals surface area contributed by atoms with E-state index in [4.69, 9.17) is 11.6 Å². The minimum absolute atomic E-state index is 0.331. The molecule has 3 nitrogen and oxygen atoms in total. The van der Waals surface area contributed by atoms with Crippen molar-refractivity contribution in [2.24, 2.45) is 0 Å². The molecule has 2 rings (SSSR count). The summed E-state index contributed by atoms with van der Waals surface area (Å²) in [6.07, 6.45) is 0. The summed E-state index contributed by atoms with van der Waals surface area (Å²) < 4.78 is 27.4. The van der Waals surface area contributed by atoms with Crippen LogP contribution in [0.5, 0.6) is 0 Å². The Hall–Kier alpha value is -1.85. The molecule has 0 aliphatic rings. The highest BCUT2D eigenvalue weighted by Crippen LogP contribution is 2.33. The first-order valence-electron chi connectivity index (χ1n) is 7.30. The third kappa shape index (κ3) is 4.33. The lowest BCUT2D eigenvalue weighted by Gasteiger charge is -2.23. The number of anilines is 3. The highest BCUT2D eigenvalue weighted by molar-refractivity contribution is 6.33. The summed E-state index contributed by atoms with van der Waals surface area (Å²) in [6, 6.07) is 7.33. The molecule has 0 amide bonds. The van der Waals surface area contributed by atoms with E-state index in [1.807, 2.05) is 19.0 Å². The van der Waals surface area contributed by atoms with Crippen molar-refractivity contribution in [2.75, 3.05) is 37.4 Å². The van der Waals surface area contributed by atoms with Crippen molar-refractivity contribution in [3.63, 3.8) is 0 Å². The molecule has 0 aliphatic carbocycles. The van der Waals surface area contributed by atoms with E-state index in [9.17, 15) is 8.78 Å². The summed E-state index contributed by atoms with van der Waals surface area (Å²) in [5, 5.41) is 6.56. The van der Waals surface area contributed by atoms with Crippen LogP contribution in [0.25, 0.3) is 0 Å². The molecule has 0 heterocycles.